The Labute approximate surface area is 77.2 Å². The lowest BCUT2D eigenvalue weighted by Gasteiger charge is -2.02. The quantitative estimate of drug-likeness (QED) is 0.659. The summed E-state index contributed by atoms with van der Waals surface area (Å²) >= 11 is 6.81. The molecule has 0 bridgehead atoms. The van der Waals surface area contributed by atoms with Gasteiger partial charge in [-0.05, 0) is 28.9 Å². The first-order chi connectivity index (χ1) is 5.04. The maximum absolute atomic E-state index is 12.9. The van der Waals surface area contributed by atoms with Crippen LogP contribution in [-0.2, 0) is 0 Å². The first kappa shape index (κ1) is 9.00. The minimum absolute atomic E-state index is 0.00167. The Morgan fingerprint density at radius 1 is 1.45 bits per heavy atom. The van der Waals surface area contributed by atoms with E-state index in [1.807, 2.05) is 0 Å². The van der Waals surface area contributed by atoms with Gasteiger partial charge in [0.15, 0.2) is 0 Å². The zero-order chi connectivity index (χ0) is 8.59. The summed E-state index contributed by atoms with van der Waals surface area (Å²) < 4.78 is 26.0. The van der Waals surface area contributed by atoms with Crippen LogP contribution in [0.2, 0.25) is 0 Å². The normalized spacial score (nSPS) is 10.3. The SMILES string of the molecule is Cc1c(F)cc(Br)c(S)c1F. The van der Waals surface area contributed by atoms with Gasteiger partial charge in [0.2, 0.25) is 0 Å². The Balaban J connectivity index is 3.46. The average Bonchev–Trinajstić information content (AvgIpc) is 1.97. The molecule has 1 rings (SSSR count). The molecule has 1 aromatic rings. The van der Waals surface area contributed by atoms with Gasteiger partial charge in [0, 0.05) is 10.0 Å². The second kappa shape index (κ2) is 3.11. The molecular formula is C7H5BrF2S. The van der Waals surface area contributed by atoms with E-state index >= 15 is 0 Å². The summed E-state index contributed by atoms with van der Waals surface area (Å²) in [5.74, 6) is -1.17. The highest BCUT2D eigenvalue weighted by Crippen LogP contribution is 2.27. The molecule has 0 atom stereocenters. The van der Waals surface area contributed by atoms with Crippen LogP contribution < -0.4 is 0 Å². The monoisotopic (exact) mass is 238 g/mol. The van der Waals surface area contributed by atoms with Crippen molar-refractivity contribution in [2.75, 3.05) is 0 Å². The number of halogens is 3. The van der Waals surface area contributed by atoms with Crippen LogP contribution in [0.3, 0.4) is 0 Å². The van der Waals surface area contributed by atoms with Crippen LogP contribution in [0, 0.1) is 18.6 Å². The summed E-state index contributed by atoms with van der Waals surface area (Å²) in [4.78, 5) is 0.143. The summed E-state index contributed by atoms with van der Waals surface area (Å²) in [6, 6.07) is 1.20. The van der Waals surface area contributed by atoms with Crippen molar-refractivity contribution in [2.24, 2.45) is 0 Å². The molecule has 0 spiro atoms. The molecule has 0 aliphatic heterocycles. The first-order valence-electron chi connectivity index (χ1n) is 2.87. The largest absolute Gasteiger partial charge is 0.207 e. The fourth-order valence-electron chi connectivity index (χ4n) is 0.675. The van der Waals surface area contributed by atoms with Crippen LogP contribution in [0.4, 0.5) is 8.78 Å². The van der Waals surface area contributed by atoms with Crippen molar-refractivity contribution in [2.45, 2.75) is 11.8 Å². The smallest absolute Gasteiger partial charge is 0.143 e. The third-order valence-corrected chi connectivity index (χ3v) is 2.74. The molecule has 0 aliphatic rings. The highest BCUT2D eigenvalue weighted by Gasteiger charge is 2.10. The van der Waals surface area contributed by atoms with Crippen LogP contribution >= 0.6 is 28.6 Å². The minimum atomic E-state index is -0.611. The Morgan fingerprint density at radius 2 is 2.00 bits per heavy atom. The molecule has 0 aliphatic carbocycles. The van der Waals surface area contributed by atoms with Crippen molar-refractivity contribution in [3.05, 3.63) is 27.7 Å². The van der Waals surface area contributed by atoms with Crippen molar-refractivity contribution in [1.82, 2.24) is 0 Å². The Bertz CT molecular complexity index is 273. The summed E-state index contributed by atoms with van der Waals surface area (Å²) in [5, 5.41) is 0. The first-order valence-corrected chi connectivity index (χ1v) is 4.11. The van der Waals surface area contributed by atoms with Crippen LogP contribution in [0.25, 0.3) is 0 Å². The second-order valence-electron chi connectivity index (χ2n) is 2.13. The Hall–Kier alpha value is -0.0900. The summed E-state index contributed by atoms with van der Waals surface area (Å²) in [7, 11) is 0. The molecule has 11 heavy (non-hydrogen) atoms. The number of hydrogen-bond acceptors (Lipinski definition) is 1. The van der Waals surface area contributed by atoms with Gasteiger partial charge in [-0.3, -0.25) is 0 Å². The summed E-state index contributed by atoms with van der Waals surface area (Å²) in [5.41, 5.74) is -0.00167. The predicted molar refractivity (Wildman–Crippen MR) is 46.0 cm³/mol. The molecule has 0 fully saturated rings. The van der Waals surface area contributed by atoms with Crippen LogP contribution in [0.15, 0.2) is 15.4 Å². The van der Waals surface area contributed by atoms with Crippen molar-refractivity contribution < 1.29 is 8.78 Å². The number of hydrogen-bond donors (Lipinski definition) is 1. The van der Waals surface area contributed by atoms with Gasteiger partial charge in [0.05, 0.1) is 4.90 Å². The van der Waals surface area contributed by atoms with Gasteiger partial charge >= 0.3 is 0 Å². The lowest BCUT2D eigenvalue weighted by Crippen LogP contribution is -1.90. The number of benzene rings is 1. The topological polar surface area (TPSA) is 0 Å². The lowest BCUT2D eigenvalue weighted by molar-refractivity contribution is 0.549. The average molecular weight is 239 g/mol. The highest BCUT2D eigenvalue weighted by molar-refractivity contribution is 9.10. The van der Waals surface area contributed by atoms with Gasteiger partial charge in [-0.2, -0.15) is 0 Å². The molecule has 0 heterocycles. The molecule has 0 unspecified atom stereocenters. The molecule has 0 saturated carbocycles. The third-order valence-electron chi connectivity index (χ3n) is 1.38. The zero-order valence-corrected chi connectivity index (χ0v) is 8.14. The third kappa shape index (κ3) is 1.56. The lowest BCUT2D eigenvalue weighted by atomic mass is 10.2. The fraction of sp³-hybridized carbons (Fsp3) is 0.143. The van der Waals surface area contributed by atoms with Gasteiger partial charge in [-0.15, -0.1) is 12.6 Å². The van der Waals surface area contributed by atoms with E-state index in [1.165, 1.54) is 13.0 Å². The predicted octanol–water partition coefficient (Wildman–Crippen LogP) is 3.32. The van der Waals surface area contributed by atoms with E-state index in [1.54, 1.807) is 0 Å². The molecular weight excluding hydrogens is 234 g/mol. The summed E-state index contributed by atoms with van der Waals surface area (Å²) in [6.07, 6.45) is 0. The fourth-order valence-corrected chi connectivity index (χ4v) is 1.28. The van der Waals surface area contributed by atoms with Crippen molar-refractivity contribution in [3.8, 4) is 0 Å². The van der Waals surface area contributed by atoms with Crippen LogP contribution in [0.5, 0.6) is 0 Å². The van der Waals surface area contributed by atoms with E-state index in [4.69, 9.17) is 0 Å². The van der Waals surface area contributed by atoms with E-state index in [-0.39, 0.29) is 10.5 Å². The minimum Gasteiger partial charge on any atom is -0.207 e. The summed E-state index contributed by atoms with van der Waals surface area (Å²) in [6.45, 7) is 1.37. The van der Waals surface area contributed by atoms with Gasteiger partial charge < -0.3 is 0 Å². The molecule has 60 valence electrons. The maximum atomic E-state index is 12.9. The Morgan fingerprint density at radius 3 is 2.55 bits per heavy atom. The van der Waals surface area contributed by atoms with Gasteiger partial charge in [0.25, 0.3) is 0 Å². The molecule has 0 N–H and O–H groups in total. The van der Waals surface area contributed by atoms with Crippen LogP contribution in [0.1, 0.15) is 5.56 Å². The van der Waals surface area contributed by atoms with E-state index in [2.05, 4.69) is 28.6 Å². The Kier molecular flexibility index (Phi) is 2.54. The highest BCUT2D eigenvalue weighted by atomic mass is 79.9. The molecule has 1 aromatic carbocycles. The van der Waals surface area contributed by atoms with Crippen molar-refractivity contribution in [3.63, 3.8) is 0 Å². The van der Waals surface area contributed by atoms with Crippen molar-refractivity contribution >= 4 is 28.6 Å². The molecule has 0 radical (unpaired) electrons. The molecule has 4 heteroatoms. The van der Waals surface area contributed by atoms with E-state index in [0.29, 0.717) is 4.47 Å². The zero-order valence-electron chi connectivity index (χ0n) is 5.66. The number of rotatable bonds is 0. The van der Waals surface area contributed by atoms with Gasteiger partial charge in [-0.1, -0.05) is 0 Å². The second-order valence-corrected chi connectivity index (χ2v) is 3.43. The van der Waals surface area contributed by atoms with E-state index < -0.39 is 11.6 Å². The standard InChI is InChI=1S/C7H5BrF2S/c1-3-5(9)2-4(8)7(11)6(3)10/h2,11H,1H3. The molecule has 0 amide bonds. The van der Waals surface area contributed by atoms with Gasteiger partial charge in [-0.25, -0.2) is 8.78 Å². The van der Waals surface area contributed by atoms with E-state index in [0.717, 1.165) is 0 Å². The molecule has 0 aromatic heterocycles. The van der Waals surface area contributed by atoms with Crippen molar-refractivity contribution in [1.29, 1.82) is 0 Å². The molecule has 0 nitrogen and oxygen atoms in total. The maximum Gasteiger partial charge on any atom is 0.143 e. The van der Waals surface area contributed by atoms with Gasteiger partial charge in [0.1, 0.15) is 11.6 Å². The van der Waals surface area contributed by atoms with E-state index in [9.17, 15) is 8.78 Å². The number of thiol groups is 1. The molecule has 0 saturated heterocycles. The van der Waals surface area contributed by atoms with Crippen LogP contribution in [-0.4, -0.2) is 0 Å².